The van der Waals surface area contributed by atoms with Gasteiger partial charge in [0.25, 0.3) is 11.8 Å². The van der Waals surface area contributed by atoms with Crippen LogP contribution in [0.4, 0.5) is 0 Å². The Morgan fingerprint density at radius 1 is 1.25 bits per heavy atom. The van der Waals surface area contributed by atoms with E-state index >= 15 is 0 Å². The van der Waals surface area contributed by atoms with E-state index < -0.39 is 0 Å². The zero-order valence-corrected chi connectivity index (χ0v) is 16.2. The fourth-order valence-corrected chi connectivity index (χ4v) is 4.23. The van der Waals surface area contributed by atoms with Gasteiger partial charge in [-0.25, -0.2) is 0 Å². The first-order valence-corrected chi connectivity index (χ1v) is 10.3. The third-order valence-corrected chi connectivity index (χ3v) is 6.04. The maximum Gasteiger partial charge on any atom is 0.274 e. The van der Waals surface area contributed by atoms with Crippen LogP contribution in [0.1, 0.15) is 70.5 Å². The van der Waals surface area contributed by atoms with Gasteiger partial charge in [0.15, 0.2) is 11.4 Å². The summed E-state index contributed by atoms with van der Waals surface area (Å²) in [6, 6.07) is 2.13. The number of aromatic amines is 1. The lowest BCUT2D eigenvalue weighted by Gasteiger charge is -2.22. The Morgan fingerprint density at radius 2 is 2.11 bits per heavy atom. The minimum atomic E-state index is -0.115. The Kier molecular flexibility index (Phi) is 4.21. The van der Waals surface area contributed by atoms with Gasteiger partial charge in [0.05, 0.1) is 12.2 Å². The summed E-state index contributed by atoms with van der Waals surface area (Å²) >= 11 is 0. The molecule has 2 amide bonds. The third-order valence-electron chi connectivity index (χ3n) is 6.04. The summed E-state index contributed by atoms with van der Waals surface area (Å²) in [5.74, 6) is 0.441. The molecule has 0 bridgehead atoms. The molecule has 1 saturated carbocycles. The van der Waals surface area contributed by atoms with E-state index in [1.807, 2.05) is 15.6 Å². The van der Waals surface area contributed by atoms with Crippen LogP contribution in [0, 0.1) is 5.92 Å². The van der Waals surface area contributed by atoms with Crippen molar-refractivity contribution in [1.29, 1.82) is 0 Å². The Labute approximate surface area is 163 Å². The van der Waals surface area contributed by atoms with Crippen molar-refractivity contribution in [3.05, 3.63) is 34.4 Å². The molecule has 2 aliphatic carbocycles. The number of carbonyl (C=O) groups excluding carboxylic acids is 2. The summed E-state index contributed by atoms with van der Waals surface area (Å²) in [6.45, 7) is 4.07. The maximum atomic E-state index is 13.2. The quantitative estimate of drug-likeness (QED) is 0.844. The van der Waals surface area contributed by atoms with E-state index in [9.17, 15) is 9.59 Å². The van der Waals surface area contributed by atoms with E-state index in [0.717, 1.165) is 55.5 Å². The van der Waals surface area contributed by atoms with Crippen LogP contribution in [-0.2, 0) is 25.9 Å². The first-order valence-electron chi connectivity index (χ1n) is 10.3. The predicted octanol–water partition coefficient (Wildman–Crippen LogP) is 1.67. The van der Waals surface area contributed by atoms with Gasteiger partial charge in [0, 0.05) is 30.4 Å². The lowest BCUT2D eigenvalue weighted by molar-refractivity contribution is 0.0738. The summed E-state index contributed by atoms with van der Waals surface area (Å²) in [4.78, 5) is 27.4. The molecule has 28 heavy (non-hydrogen) atoms. The van der Waals surface area contributed by atoms with E-state index in [4.69, 9.17) is 0 Å². The average molecular weight is 382 g/mol. The van der Waals surface area contributed by atoms with Gasteiger partial charge in [-0.3, -0.25) is 19.4 Å². The minimum absolute atomic E-state index is 0.0229. The van der Waals surface area contributed by atoms with Crippen LogP contribution in [0.25, 0.3) is 0 Å². The van der Waals surface area contributed by atoms with Gasteiger partial charge in [-0.1, -0.05) is 6.92 Å². The molecular weight excluding hydrogens is 356 g/mol. The Bertz CT molecular complexity index is 925. The number of aromatic nitrogens is 4. The first-order chi connectivity index (χ1) is 13.6. The smallest absolute Gasteiger partial charge is 0.274 e. The highest BCUT2D eigenvalue weighted by atomic mass is 16.2. The molecule has 0 radical (unpaired) electrons. The van der Waals surface area contributed by atoms with E-state index in [2.05, 4.69) is 27.5 Å². The monoisotopic (exact) mass is 382 g/mol. The highest BCUT2D eigenvalue weighted by molar-refractivity contribution is 5.94. The van der Waals surface area contributed by atoms with Gasteiger partial charge in [0.1, 0.15) is 0 Å². The van der Waals surface area contributed by atoms with Crippen LogP contribution >= 0.6 is 0 Å². The number of H-pyrrole nitrogens is 1. The van der Waals surface area contributed by atoms with E-state index in [0.29, 0.717) is 43.0 Å². The third kappa shape index (κ3) is 3.21. The molecule has 1 aliphatic heterocycles. The molecule has 3 heterocycles. The van der Waals surface area contributed by atoms with Crippen LogP contribution in [0.5, 0.6) is 0 Å². The normalized spacial score (nSPS) is 21.6. The number of aryl methyl sites for hydroxylation is 2. The predicted molar refractivity (Wildman–Crippen MR) is 102 cm³/mol. The fraction of sp³-hybridized carbons (Fsp3) is 0.600. The Morgan fingerprint density at radius 3 is 2.93 bits per heavy atom. The maximum absolute atomic E-state index is 13.2. The number of nitrogens with zero attached hydrogens (tertiary/aromatic N) is 4. The minimum Gasteiger partial charge on any atom is -0.348 e. The SMILES string of the molecule is CC1CCc2[nH]nc(C(=O)N3CCCn4nc(C(=O)NC5CC5)cc4C3)c2C1. The Balaban J connectivity index is 1.36. The van der Waals surface area contributed by atoms with Crippen LogP contribution in [-0.4, -0.2) is 49.3 Å². The molecule has 1 unspecified atom stereocenters. The van der Waals surface area contributed by atoms with Crippen molar-refractivity contribution in [3.8, 4) is 0 Å². The van der Waals surface area contributed by atoms with Gasteiger partial charge in [-0.05, 0) is 50.5 Å². The van der Waals surface area contributed by atoms with E-state index in [-0.39, 0.29) is 11.8 Å². The van der Waals surface area contributed by atoms with Crippen molar-refractivity contribution in [2.45, 2.75) is 64.6 Å². The second-order valence-electron chi connectivity index (χ2n) is 8.45. The van der Waals surface area contributed by atoms with Crippen LogP contribution in [0.3, 0.4) is 0 Å². The molecule has 2 N–H and O–H groups in total. The second kappa shape index (κ2) is 6.76. The van der Waals surface area contributed by atoms with Gasteiger partial charge in [-0.15, -0.1) is 0 Å². The molecule has 8 heteroatoms. The summed E-state index contributed by atoms with van der Waals surface area (Å²) < 4.78 is 1.87. The van der Waals surface area contributed by atoms with Crippen molar-refractivity contribution < 1.29 is 9.59 Å². The molecule has 8 nitrogen and oxygen atoms in total. The molecule has 0 aromatic carbocycles. The van der Waals surface area contributed by atoms with Gasteiger partial charge >= 0.3 is 0 Å². The number of nitrogens with one attached hydrogen (secondary N) is 2. The summed E-state index contributed by atoms with van der Waals surface area (Å²) in [7, 11) is 0. The molecule has 0 spiro atoms. The molecule has 148 valence electrons. The van der Waals surface area contributed by atoms with Crippen molar-refractivity contribution in [3.63, 3.8) is 0 Å². The zero-order chi connectivity index (χ0) is 19.3. The lowest BCUT2D eigenvalue weighted by Crippen LogP contribution is -2.32. The van der Waals surface area contributed by atoms with Crippen molar-refractivity contribution >= 4 is 11.8 Å². The molecule has 3 aliphatic rings. The molecule has 1 atom stereocenters. The van der Waals surface area contributed by atoms with E-state index in [1.165, 1.54) is 0 Å². The number of rotatable bonds is 3. The molecule has 0 saturated heterocycles. The topological polar surface area (TPSA) is 95.9 Å². The highest BCUT2D eigenvalue weighted by Crippen LogP contribution is 2.27. The van der Waals surface area contributed by atoms with Crippen LogP contribution < -0.4 is 5.32 Å². The summed E-state index contributed by atoms with van der Waals surface area (Å²) in [5.41, 5.74) is 4.12. The lowest BCUT2D eigenvalue weighted by atomic mass is 9.87. The zero-order valence-electron chi connectivity index (χ0n) is 16.2. The van der Waals surface area contributed by atoms with Crippen molar-refractivity contribution in [2.75, 3.05) is 6.54 Å². The van der Waals surface area contributed by atoms with Gasteiger partial charge in [0.2, 0.25) is 0 Å². The molecule has 1 fully saturated rings. The number of hydrogen-bond donors (Lipinski definition) is 2. The summed E-state index contributed by atoms with van der Waals surface area (Å²) in [5, 5.41) is 14.9. The highest BCUT2D eigenvalue weighted by Gasteiger charge is 2.30. The van der Waals surface area contributed by atoms with Gasteiger partial charge in [-0.2, -0.15) is 10.2 Å². The first kappa shape index (κ1) is 17.5. The molecule has 2 aromatic rings. The average Bonchev–Trinajstić information content (AvgIpc) is 3.32. The number of fused-ring (bicyclic) bond motifs is 2. The summed E-state index contributed by atoms with van der Waals surface area (Å²) in [6.07, 6.45) is 5.92. The number of amides is 2. The fourth-order valence-electron chi connectivity index (χ4n) is 4.23. The van der Waals surface area contributed by atoms with Crippen LogP contribution in [0.15, 0.2) is 6.07 Å². The Hall–Kier alpha value is -2.64. The van der Waals surface area contributed by atoms with Crippen molar-refractivity contribution in [1.82, 2.24) is 30.2 Å². The standard InChI is InChI=1S/C20H26N6O2/c1-12-3-6-16-15(9-12)18(23-22-16)20(28)25-7-2-8-26-14(11-25)10-17(24-26)19(27)21-13-4-5-13/h10,12-13H,2-9,11H2,1H3,(H,21,27)(H,22,23). The molecular formula is C20H26N6O2. The number of carbonyl (C=O) groups is 2. The van der Waals surface area contributed by atoms with Gasteiger partial charge < -0.3 is 10.2 Å². The second-order valence-corrected chi connectivity index (χ2v) is 8.45. The largest absolute Gasteiger partial charge is 0.348 e. The molecule has 5 rings (SSSR count). The van der Waals surface area contributed by atoms with Crippen molar-refractivity contribution in [2.24, 2.45) is 5.92 Å². The number of hydrogen-bond acceptors (Lipinski definition) is 4. The van der Waals surface area contributed by atoms with E-state index in [1.54, 1.807) is 0 Å². The van der Waals surface area contributed by atoms with Crippen LogP contribution in [0.2, 0.25) is 0 Å². The molecule has 2 aromatic heterocycles.